The number of carbonyl (C=O) groups is 1. The van der Waals surface area contributed by atoms with E-state index in [0.29, 0.717) is 29.6 Å². The molecule has 2 fully saturated rings. The maximum Gasteiger partial charge on any atom is 0.335 e. The molecule has 4 rings (SSSR count). The van der Waals surface area contributed by atoms with Crippen molar-refractivity contribution in [1.82, 2.24) is 10.6 Å². The quantitative estimate of drug-likeness (QED) is 0.520. The van der Waals surface area contributed by atoms with Gasteiger partial charge in [0.05, 0.1) is 5.56 Å². The van der Waals surface area contributed by atoms with E-state index in [9.17, 15) is 4.79 Å². The summed E-state index contributed by atoms with van der Waals surface area (Å²) < 4.78 is 0. The molecule has 2 saturated carbocycles. The molecule has 4 nitrogen and oxygen atoms in total. The van der Waals surface area contributed by atoms with Crippen molar-refractivity contribution in [2.45, 2.75) is 70.1 Å². The first-order chi connectivity index (χ1) is 15.1. The Morgan fingerprint density at radius 1 is 1.00 bits per heavy atom. The molecule has 2 aliphatic rings. The standard InChI is InChI=1S/C27H34N2O2/c1-2-21(16-19-6-4-3-5-7-19)25-17-26(25)29-24-14-12-23(13-15-24)28-18-20-8-10-22(11-9-20)27(30)31/h3-11,16,23-26,28-29H,2,12-15,17-18H2,1H3,(H,30,31)/t23?,24?,25-,26+/m0/s1. The van der Waals surface area contributed by atoms with Gasteiger partial charge in [-0.3, -0.25) is 0 Å². The summed E-state index contributed by atoms with van der Waals surface area (Å²) in [6.45, 7) is 3.08. The van der Waals surface area contributed by atoms with Crippen molar-refractivity contribution in [1.29, 1.82) is 0 Å². The van der Waals surface area contributed by atoms with Crippen LogP contribution < -0.4 is 10.6 Å². The topological polar surface area (TPSA) is 61.4 Å². The predicted molar refractivity (Wildman–Crippen MR) is 126 cm³/mol. The van der Waals surface area contributed by atoms with E-state index in [1.165, 1.54) is 37.7 Å². The minimum atomic E-state index is -0.871. The fraction of sp³-hybridized carbons (Fsp3) is 0.444. The Morgan fingerprint density at radius 2 is 1.68 bits per heavy atom. The maximum atomic E-state index is 11.0. The highest BCUT2D eigenvalue weighted by molar-refractivity contribution is 5.87. The molecule has 2 aromatic rings. The van der Waals surface area contributed by atoms with Gasteiger partial charge in [0.15, 0.2) is 0 Å². The van der Waals surface area contributed by atoms with Crippen LogP contribution in [-0.4, -0.2) is 29.2 Å². The number of carboxylic acids is 1. The average Bonchev–Trinajstić information content (AvgIpc) is 3.56. The fourth-order valence-electron chi connectivity index (χ4n) is 4.82. The SMILES string of the molecule is CCC(=Cc1ccccc1)[C@@H]1C[C@H]1NC1CCC(NCc2ccc(C(=O)O)cc2)CC1. The molecule has 0 heterocycles. The van der Waals surface area contributed by atoms with Crippen LogP contribution in [0.4, 0.5) is 0 Å². The van der Waals surface area contributed by atoms with Gasteiger partial charge in [0, 0.05) is 24.7 Å². The number of hydrogen-bond donors (Lipinski definition) is 3. The largest absolute Gasteiger partial charge is 0.478 e. The molecule has 0 aromatic heterocycles. The first kappa shape index (κ1) is 21.8. The van der Waals surface area contributed by atoms with Crippen molar-refractivity contribution in [3.8, 4) is 0 Å². The lowest BCUT2D eigenvalue weighted by atomic mass is 9.91. The molecule has 0 radical (unpaired) electrons. The van der Waals surface area contributed by atoms with E-state index in [0.717, 1.165) is 18.5 Å². The lowest BCUT2D eigenvalue weighted by Crippen LogP contribution is -2.40. The molecule has 164 valence electrons. The smallest absolute Gasteiger partial charge is 0.335 e. The highest BCUT2D eigenvalue weighted by atomic mass is 16.4. The van der Waals surface area contributed by atoms with Crippen molar-refractivity contribution in [2.75, 3.05) is 0 Å². The minimum absolute atomic E-state index is 0.346. The van der Waals surface area contributed by atoms with Crippen LogP contribution in [0.1, 0.15) is 66.9 Å². The number of carboxylic acid groups (broad SMARTS) is 1. The monoisotopic (exact) mass is 418 g/mol. The third kappa shape index (κ3) is 6.05. The van der Waals surface area contributed by atoms with Gasteiger partial charge in [0.2, 0.25) is 0 Å². The number of aromatic carboxylic acids is 1. The van der Waals surface area contributed by atoms with Gasteiger partial charge in [-0.15, -0.1) is 0 Å². The zero-order valence-electron chi connectivity index (χ0n) is 18.4. The first-order valence-electron chi connectivity index (χ1n) is 11.7. The van der Waals surface area contributed by atoms with Gasteiger partial charge in [-0.1, -0.05) is 61.0 Å². The molecular formula is C27H34N2O2. The molecule has 0 aliphatic heterocycles. The molecule has 2 aromatic carbocycles. The molecular weight excluding hydrogens is 384 g/mol. The molecule has 2 atom stereocenters. The van der Waals surface area contributed by atoms with Crippen LogP contribution in [0, 0.1) is 5.92 Å². The third-order valence-corrected chi connectivity index (χ3v) is 6.80. The van der Waals surface area contributed by atoms with Crippen LogP contribution in [0.15, 0.2) is 60.2 Å². The first-order valence-corrected chi connectivity index (χ1v) is 11.7. The molecule has 0 unspecified atom stereocenters. The maximum absolute atomic E-state index is 11.0. The summed E-state index contributed by atoms with van der Waals surface area (Å²) in [5.41, 5.74) is 4.38. The van der Waals surface area contributed by atoms with Crippen LogP contribution in [0.25, 0.3) is 6.08 Å². The van der Waals surface area contributed by atoms with Crippen LogP contribution in [0.2, 0.25) is 0 Å². The Kier molecular flexibility index (Phi) is 7.21. The van der Waals surface area contributed by atoms with E-state index in [2.05, 4.69) is 54.0 Å². The van der Waals surface area contributed by atoms with Crippen molar-refractivity contribution in [3.05, 3.63) is 76.9 Å². The fourth-order valence-corrected chi connectivity index (χ4v) is 4.82. The van der Waals surface area contributed by atoms with Crippen LogP contribution in [0.3, 0.4) is 0 Å². The van der Waals surface area contributed by atoms with Crippen molar-refractivity contribution >= 4 is 12.0 Å². The van der Waals surface area contributed by atoms with Gasteiger partial charge in [-0.25, -0.2) is 4.79 Å². The predicted octanol–water partition coefficient (Wildman–Crippen LogP) is 5.26. The summed E-state index contributed by atoms with van der Waals surface area (Å²) >= 11 is 0. The summed E-state index contributed by atoms with van der Waals surface area (Å²) in [6.07, 6.45) is 9.63. The van der Waals surface area contributed by atoms with Crippen molar-refractivity contribution in [3.63, 3.8) is 0 Å². The molecule has 0 amide bonds. The molecule has 0 saturated heterocycles. The molecule has 3 N–H and O–H groups in total. The van der Waals surface area contributed by atoms with E-state index in [1.807, 2.05) is 12.1 Å². The summed E-state index contributed by atoms with van der Waals surface area (Å²) in [6, 6.07) is 19.7. The summed E-state index contributed by atoms with van der Waals surface area (Å²) in [7, 11) is 0. The number of nitrogens with one attached hydrogen (secondary N) is 2. The van der Waals surface area contributed by atoms with Gasteiger partial charge in [-0.05, 0) is 67.7 Å². The van der Waals surface area contributed by atoms with E-state index in [1.54, 1.807) is 17.7 Å². The number of benzene rings is 2. The molecule has 0 spiro atoms. The number of rotatable bonds is 9. The highest BCUT2D eigenvalue weighted by Crippen LogP contribution is 2.40. The second-order valence-corrected chi connectivity index (χ2v) is 9.03. The lowest BCUT2D eigenvalue weighted by Gasteiger charge is -2.30. The Labute approximate surface area is 185 Å². The second kappa shape index (κ2) is 10.3. The average molecular weight is 419 g/mol. The number of hydrogen-bond acceptors (Lipinski definition) is 3. The van der Waals surface area contributed by atoms with E-state index in [4.69, 9.17) is 5.11 Å². The van der Waals surface area contributed by atoms with E-state index < -0.39 is 5.97 Å². The zero-order valence-corrected chi connectivity index (χ0v) is 18.4. The van der Waals surface area contributed by atoms with E-state index >= 15 is 0 Å². The summed E-state index contributed by atoms with van der Waals surface area (Å²) in [4.78, 5) is 11.0. The minimum Gasteiger partial charge on any atom is -0.478 e. The van der Waals surface area contributed by atoms with Crippen molar-refractivity contribution in [2.24, 2.45) is 5.92 Å². The Morgan fingerprint density at radius 3 is 2.32 bits per heavy atom. The third-order valence-electron chi connectivity index (χ3n) is 6.80. The summed E-state index contributed by atoms with van der Waals surface area (Å²) in [5.74, 6) is -0.167. The Bertz CT molecular complexity index is 883. The van der Waals surface area contributed by atoms with E-state index in [-0.39, 0.29) is 0 Å². The molecule has 0 bridgehead atoms. The lowest BCUT2D eigenvalue weighted by molar-refractivity contribution is 0.0697. The Hall–Kier alpha value is -2.43. The summed E-state index contributed by atoms with van der Waals surface area (Å²) in [5, 5.41) is 16.6. The van der Waals surface area contributed by atoms with Crippen LogP contribution in [-0.2, 0) is 6.54 Å². The van der Waals surface area contributed by atoms with Gasteiger partial charge in [0.25, 0.3) is 0 Å². The molecule has 4 heteroatoms. The zero-order chi connectivity index (χ0) is 21.6. The highest BCUT2D eigenvalue weighted by Gasteiger charge is 2.40. The Balaban J connectivity index is 1.18. The molecule has 2 aliphatic carbocycles. The normalized spacial score (nSPS) is 25.9. The van der Waals surface area contributed by atoms with Gasteiger partial charge in [-0.2, -0.15) is 0 Å². The molecule has 31 heavy (non-hydrogen) atoms. The van der Waals surface area contributed by atoms with Gasteiger partial charge >= 0.3 is 5.97 Å². The van der Waals surface area contributed by atoms with Gasteiger partial charge in [0.1, 0.15) is 0 Å². The van der Waals surface area contributed by atoms with Gasteiger partial charge < -0.3 is 15.7 Å². The second-order valence-electron chi connectivity index (χ2n) is 9.03. The van der Waals surface area contributed by atoms with Crippen LogP contribution in [0.5, 0.6) is 0 Å². The van der Waals surface area contributed by atoms with Crippen LogP contribution >= 0.6 is 0 Å². The van der Waals surface area contributed by atoms with Crippen molar-refractivity contribution < 1.29 is 9.90 Å².